The van der Waals surface area contributed by atoms with Gasteiger partial charge in [-0.15, -0.1) is 0 Å². The average molecular weight is 389 g/mol. The summed E-state index contributed by atoms with van der Waals surface area (Å²) in [5.41, 5.74) is 2.30. The molecule has 1 saturated heterocycles. The number of piperidine rings is 1. The Balaban J connectivity index is 1.25. The number of rotatable bonds is 6. The number of hydrogen-bond acceptors (Lipinski definition) is 5. The molecule has 0 spiro atoms. The van der Waals surface area contributed by atoms with Crippen LogP contribution in [0.3, 0.4) is 0 Å². The molecule has 0 atom stereocenters. The molecule has 1 fully saturated rings. The number of para-hydroxylation sites is 2. The minimum Gasteiger partial charge on any atom is -0.473 e. The second-order valence-corrected chi connectivity index (χ2v) is 7.18. The van der Waals surface area contributed by atoms with Crippen molar-refractivity contribution in [2.75, 3.05) is 13.1 Å². The molecule has 1 amide bonds. The maximum absolute atomic E-state index is 12.5. The number of carbonyl (C=O) groups excluding carboxylic acids is 2. The van der Waals surface area contributed by atoms with Gasteiger partial charge in [-0.25, -0.2) is 9.97 Å². The van der Waals surface area contributed by atoms with E-state index in [-0.39, 0.29) is 30.6 Å². The minimum atomic E-state index is 0.00653. The first-order valence-electron chi connectivity index (χ1n) is 9.93. The molecular formula is C23H23N3O3. The molecule has 148 valence electrons. The Kier molecular flexibility index (Phi) is 5.79. The van der Waals surface area contributed by atoms with Crippen LogP contribution in [0.25, 0.3) is 11.0 Å². The Morgan fingerprint density at radius 1 is 0.931 bits per heavy atom. The van der Waals surface area contributed by atoms with Gasteiger partial charge in [0, 0.05) is 44.3 Å². The lowest BCUT2D eigenvalue weighted by atomic mass is 10.0. The number of fused-ring (bicyclic) bond motifs is 1. The zero-order valence-corrected chi connectivity index (χ0v) is 16.2. The Bertz CT molecular complexity index is 998. The molecule has 0 aliphatic carbocycles. The molecule has 3 aromatic rings. The monoisotopic (exact) mass is 389 g/mol. The minimum absolute atomic E-state index is 0.00653. The summed E-state index contributed by atoms with van der Waals surface area (Å²) in [6.45, 7) is 1.26. The molecule has 1 aliphatic rings. The van der Waals surface area contributed by atoms with Crippen LogP contribution in [0.4, 0.5) is 0 Å². The van der Waals surface area contributed by atoms with Crippen LogP contribution in [-0.4, -0.2) is 45.8 Å². The number of aromatic nitrogens is 2. The lowest BCUT2D eigenvalue weighted by molar-refractivity contribution is -0.132. The van der Waals surface area contributed by atoms with Crippen molar-refractivity contribution < 1.29 is 14.3 Å². The normalized spacial score (nSPS) is 14.7. The molecule has 0 saturated carbocycles. The first-order chi connectivity index (χ1) is 14.2. The van der Waals surface area contributed by atoms with Gasteiger partial charge in [-0.3, -0.25) is 9.59 Å². The zero-order chi connectivity index (χ0) is 20.1. The number of Topliss-reactive ketones (excluding diaryl/α,β-unsaturated/α-hetero) is 1. The highest BCUT2D eigenvalue weighted by Gasteiger charge is 2.24. The predicted molar refractivity (Wildman–Crippen MR) is 110 cm³/mol. The molecule has 6 nitrogen and oxygen atoms in total. The fraction of sp³-hybridized carbons (Fsp3) is 0.304. The third kappa shape index (κ3) is 4.77. The van der Waals surface area contributed by atoms with E-state index in [0.717, 1.165) is 23.9 Å². The van der Waals surface area contributed by atoms with Gasteiger partial charge < -0.3 is 9.64 Å². The highest BCUT2D eigenvalue weighted by molar-refractivity contribution is 5.97. The molecule has 1 aliphatic heterocycles. The first-order valence-corrected chi connectivity index (χ1v) is 9.93. The number of nitrogens with zero attached hydrogens (tertiary/aromatic N) is 3. The molecule has 0 radical (unpaired) electrons. The van der Waals surface area contributed by atoms with E-state index in [1.807, 2.05) is 47.4 Å². The van der Waals surface area contributed by atoms with Crippen molar-refractivity contribution in [3.63, 3.8) is 0 Å². The second-order valence-electron chi connectivity index (χ2n) is 7.18. The summed E-state index contributed by atoms with van der Waals surface area (Å²) in [5, 5.41) is 0. The van der Waals surface area contributed by atoms with Gasteiger partial charge in [-0.05, 0) is 12.1 Å². The van der Waals surface area contributed by atoms with Gasteiger partial charge in [0.15, 0.2) is 5.78 Å². The fourth-order valence-corrected chi connectivity index (χ4v) is 3.54. The molecule has 2 aromatic carbocycles. The van der Waals surface area contributed by atoms with Crippen molar-refractivity contribution >= 4 is 22.7 Å². The molecule has 0 bridgehead atoms. The largest absolute Gasteiger partial charge is 0.473 e. The van der Waals surface area contributed by atoms with E-state index in [2.05, 4.69) is 9.97 Å². The van der Waals surface area contributed by atoms with E-state index in [4.69, 9.17) is 4.74 Å². The van der Waals surface area contributed by atoms with Crippen molar-refractivity contribution in [3.05, 3.63) is 66.4 Å². The topological polar surface area (TPSA) is 72.4 Å². The van der Waals surface area contributed by atoms with Gasteiger partial charge in [-0.2, -0.15) is 0 Å². The van der Waals surface area contributed by atoms with E-state index in [0.29, 0.717) is 24.5 Å². The maximum Gasteiger partial charge on any atom is 0.233 e. The van der Waals surface area contributed by atoms with Crippen molar-refractivity contribution in [1.82, 2.24) is 14.9 Å². The highest BCUT2D eigenvalue weighted by atomic mass is 16.5. The number of likely N-dealkylation sites (tertiary alicyclic amines) is 1. The molecular weight excluding hydrogens is 366 g/mol. The number of ether oxygens (including phenoxy) is 1. The maximum atomic E-state index is 12.5. The van der Waals surface area contributed by atoms with Crippen LogP contribution in [0.15, 0.2) is 60.8 Å². The van der Waals surface area contributed by atoms with Crippen LogP contribution in [-0.2, 0) is 4.79 Å². The third-order valence-corrected chi connectivity index (χ3v) is 5.17. The first kappa shape index (κ1) is 19.1. The quantitative estimate of drug-likeness (QED) is 0.602. The number of benzene rings is 2. The fourth-order valence-electron chi connectivity index (χ4n) is 3.54. The predicted octanol–water partition coefficient (Wildman–Crippen LogP) is 3.66. The molecule has 1 aromatic heterocycles. The smallest absolute Gasteiger partial charge is 0.233 e. The SMILES string of the molecule is O=C(CCC(=O)N1CCC(Oc2cnc3ccccc3n2)CC1)c1ccccc1. The second kappa shape index (κ2) is 8.82. The van der Waals surface area contributed by atoms with Gasteiger partial charge >= 0.3 is 0 Å². The van der Waals surface area contributed by atoms with E-state index in [1.54, 1.807) is 18.3 Å². The Labute approximate surface area is 169 Å². The van der Waals surface area contributed by atoms with Crippen molar-refractivity contribution in [2.45, 2.75) is 31.8 Å². The van der Waals surface area contributed by atoms with Crippen LogP contribution in [0, 0.1) is 0 Å². The van der Waals surface area contributed by atoms with Crippen LogP contribution < -0.4 is 4.74 Å². The lowest BCUT2D eigenvalue weighted by Crippen LogP contribution is -2.41. The van der Waals surface area contributed by atoms with Crippen LogP contribution in [0.2, 0.25) is 0 Å². The van der Waals surface area contributed by atoms with Crippen molar-refractivity contribution in [1.29, 1.82) is 0 Å². The van der Waals surface area contributed by atoms with Gasteiger partial charge in [0.05, 0.1) is 17.2 Å². The van der Waals surface area contributed by atoms with Crippen molar-refractivity contribution in [3.8, 4) is 5.88 Å². The van der Waals surface area contributed by atoms with Gasteiger partial charge in [0.1, 0.15) is 6.10 Å². The summed E-state index contributed by atoms with van der Waals surface area (Å²) in [4.78, 5) is 35.3. The lowest BCUT2D eigenvalue weighted by Gasteiger charge is -2.32. The van der Waals surface area contributed by atoms with Crippen LogP contribution in [0.1, 0.15) is 36.0 Å². The Morgan fingerprint density at radius 2 is 1.62 bits per heavy atom. The Hall–Kier alpha value is -3.28. The Morgan fingerprint density at radius 3 is 2.38 bits per heavy atom. The summed E-state index contributed by atoms with van der Waals surface area (Å²) >= 11 is 0. The summed E-state index contributed by atoms with van der Waals surface area (Å²) in [6.07, 6.45) is 3.64. The van der Waals surface area contributed by atoms with E-state index in [9.17, 15) is 9.59 Å². The summed E-state index contributed by atoms with van der Waals surface area (Å²) in [5.74, 6) is 0.548. The number of ketones is 1. The summed E-state index contributed by atoms with van der Waals surface area (Å²) < 4.78 is 5.98. The zero-order valence-electron chi connectivity index (χ0n) is 16.2. The summed E-state index contributed by atoms with van der Waals surface area (Å²) in [7, 11) is 0. The van der Waals surface area contributed by atoms with E-state index in [1.165, 1.54) is 0 Å². The van der Waals surface area contributed by atoms with Crippen LogP contribution in [0.5, 0.6) is 5.88 Å². The molecule has 4 rings (SSSR count). The van der Waals surface area contributed by atoms with Gasteiger partial charge in [0.25, 0.3) is 0 Å². The highest BCUT2D eigenvalue weighted by Crippen LogP contribution is 2.20. The van der Waals surface area contributed by atoms with E-state index >= 15 is 0 Å². The number of carbonyl (C=O) groups is 2. The third-order valence-electron chi connectivity index (χ3n) is 5.17. The molecule has 29 heavy (non-hydrogen) atoms. The molecule has 2 heterocycles. The van der Waals surface area contributed by atoms with Crippen molar-refractivity contribution in [2.24, 2.45) is 0 Å². The number of amides is 1. The molecule has 0 unspecified atom stereocenters. The average Bonchev–Trinajstić information content (AvgIpc) is 2.78. The van der Waals surface area contributed by atoms with Crippen LogP contribution >= 0.6 is 0 Å². The van der Waals surface area contributed by atoms with Gasteiger partial charge in [0.2, 0.25) is 11.8 Å². The van der Waals surface area contributed by atoms with E-state index < -0.39 is 0 Å². The standard InChI is InChI=1S/C23H23N3O3/c27-21(17-6-2-1-3-7-17)10-11-23(28)26-14-12-18(13-15-26)29-22-16-24-19-8-4-5-9-20(19)25-22/h1-9,16,18H,10-15H2. The molecule has 0 N–H and O–H groups in total. The molecule has 6 heteroatoms. The van der Waals surface area contributed by atoms with Gasteiger partial charge in [-0.1, -0.05) is 42.5 Å². The number of hydrogen-bond donors (Lipinski definition) is 0. The summed E-state index contributed by atoms with van der Waals surface area (Å²) in [6, 6.07) is 16.8.